The number of esters is 1. The number of methoxy groups -OCH3 is 1. The zero-order valence-corrected chi connectivity index (χ0v) is 19.6. The number of benzene rings is 3. The van der Waals surface area contributed by atoms with E-state index in [1.165, 1.54) is 13.5 Å². The summed E-state index contributed by atoms with van der Waals surface area (Å²) in [6.45, 7) is 3.15. The van der Waals surface area contributed by atoms with Crippen molar-refractivity contribution in [1.29, 1.82) is 0 Å². The van der Waals surface area contributed by atoms with Crippen molar-refractivity contribution in [3.8, 4) is 11.3 Å². The Morgan fingerprint density at radius 3 is 2.63 bits per heavy atom. The first-order chi connectivity index (χ1) is 17.1. The number of ketones is 1. The molecule has 1 aliphatic carbocycles. The van der Waals surface area contributed by atoms with Gasteiger partial charge in [-0.25, -0.2) is 4.79 Å². The Morgan fingerprint density at radius 2 is 1.89 bits per heavy atom. The summed E-state index contributed by atoms with van der Waals surface area (Å²) in [6, 6.07) is 16.9. The number of carbonyl (C=O) groups is 2. The van der Waals surface area contributed by atoms with E-state index in [4.69, 9.17) is 9.26 Å². The summed E-state index contributed by atoms with van der Waals surface area (Å²) in [7, 11) is 1.36. The number of ether oxygens (including phenoxy) is 1. The molecular formula is C28H25N3O4. The summed E-state index contributed by atoms with van der Waals surface area (Å²) in [6.07, 6.45) is 3.41. The minimum atomic E-state index is -0.393. The Kier molecular flexibility index (Phi) is 5.06. The van der Waals surface area contributed by atoms with E-state index in [1.54, 1.807) is 12.1 Å². The molecule has 3 aromatic carbocycles. The third-order valence-electron chi connectivity index (χ3n) is 7.08. The van der Waals surface area contributed by atoms with E-state index >= 15 is 0 Å². The molecule has 0 amide bonds. The third kappa shape index (κ3) is 3.38. The number of nitrogens with zero attached hydrogens (tertiary/aromatic N) is 2. The first-order valence-corrected chi connectivity index (χ1v) is 11.9. The second-order valence-electron chi connectivity index (χ2n) is 9.16. The highest BCUT2D eigenvalue weighted by atomic mass is 16.5. The molecule has 1 aliphatic heterocycles. The van der Waals surface area contributed by atoms with Crippen LogP contribution in [-0.2, 0) is 4.74 Å². The van der Waals surface area contributed by atoms with Gasteiger partial charge in [0.2, 0.25) is 0 Å². The Balaban J connectivity index is 1.54. The Bertz CT molecular complexity index is 1470. The van der Waals surface area contributed by atoms with Crippen molar-refractivity contribution in [2.75, 3.05) is 23.9 Å². The molecule has 0 unspecified atom stereocenters. The van der Waals surface area contributed by atoms with E-state index in [1.807, 2.05) is 42.5 Å². The number of nitrogens with one attached hydrogen (secondary N) is 1. The smallest absolute Gasteiger partial charge is 0.337 e. The van der Waals surface area contributed by atoms with Gasteiger partial charge in [-0.2, -0.15) is 0 Å². The predicted molar refractivity (Wildman–Crippen MR) is 135 cm³/mol. The highest BCUT2D eigenvalue weighted by molar-refractivity contribution is 6.28. The second-order valence-corrected chi connectivity index (χ2v) is 9.16. The molecule has 4 aromatic rings. The molecule has 0 bridgehead atoms. The number of anilines is 3. The maximum atomic E-state index is 13.8. The molecule has 2 aliphatic rings. The van der Waals surface area contributed by atoms with Crippen LogP contribution in [0.5, 0.6) is 0 Å². The number of carbonyl (C=O) groups excluding carboxylic acids is 2. The van der Waals surface area contributed by atoms with Crippen molar-refractivity contribution in [3.05, 3.63) is 71.3 Å². The molecule has 176 valence electrons. The van der Waals surface area contributed by atoms with E-state index < -0.39 is 5.97 Å². The van der Waals surface area contributed by atoms with Crippen LogP contribution in [0.4, 0.5) is 17.1 Å². The van der Waals surface area contributed by atoms with Crippen molar-refractivity contribution in [3.63, 3.8) is 0 Å². The number of hydrogen-bond donors (Lipinski definition) is 1. The number of hydrogen-bond acceptors (Lipinski definition) is 7. The molecule has 1 N–H and O–H groups in total. The first kappa shape index (κ1) is 21.4. The van der Waals surface area contributed by atoms with Gasteiger partial charge < -0.3 is 19.5 Å². The molecule has 7 nitrogen and oxygen atoms in total. The highest BCUT2D eigenvalue weighted by Gasteiger charge is 2.34. The number of piperidine rings is 1. The van der Waals surface area contributed by atoms with Gasteiger partial charge >= 0.3 is 5.97 Å². The molecule has 2 heterocycles. The quantitative estimate of drug-likeness (QED) is 0.327. The van der Waals surface area contributed by atoms with Crippen molar-refractivity contribution in [2.24, 2.45) is 0 Å². The first-order valence-electron chi connectivity index (χ1n) is 11.9. The Hall–Kier alpha value is -4.13. The average molecular weight is 468 g/mol. The van der Waals surface area contributed by atoms with Crippen molar-refractivity contribution >= 4 is 39.7 Å². The van der Waals surface area contributed by atoms with Gasteiger partial charge in [0.15, 0.2) is 11.5 Å². The van der Waals surface area contributed by atoms with Crippen LogP contribution in [0.3, 0.4) is 0 Å². The van der Waals surface area contributed by atoms with Gasteiger partial charge in [0, 0.05) is 29.4 Å². The summed E-state index contributed by atoms with van der Waals surface area (Å²) in [5.41, 5.74) is 5.52. The lowest BCUT2D eigenvalue weighted by Gasteiger charge is -2.36. The molecule has 1 saturated heterocycles. The lowest BCUT2D eigenvalue weighted by molar-refractivity contribution is 0.0600. The van der Waals surface area contributed by atoms with E-state index in [-0.39, 0.29) is 5.78 Å². The van der Waals surface area contributed by atoms with Crippen LogP contribution in [0.25, 0.3) is 22.2 Å². The van der Waals surface area contributed by atoms with E-state index in [0.29, 0.717) is 34.2 Å². The van der Waals surface area contributed by atoms with Gasteiger partial charge in [0.05, 0.1) is 35.0 Å². The maximum Gasteiger partial charge on any atom is 0.337 e. The van der Waals surface area contributed by atoms with Crippen LogP contribution in [0.1, 0.15) is 52.5 Å². The van der Waals surface area contributed by atoms with Crippen LogP contribution < -0.4 is 10.2 Å². The Morgan fingerprint density at radius 1 is 1.11 bits per heavy atom. The van der Waals surface area contributed by atoms with Gasteiger partial charge in [-0.05, 0) is 56.5 Å². The van der Waals surface area contributed by atoms with E-state index in [9.17, 15) is 9.59 Å². The zero-order valence-electron chi connectivity index (χ0n) is 19.6. The molecule has 1 fully saturated rings. The van der Waals surface area contributed by atoms with E-state index in [2.05, 4.69) is 22.3 Å². The molecule has 0 radical (unpaired) electrons. The zero-order chi connectivity index (χ0) is 24.1. The predicted octanol–water partition coefficient (Wildman–Crippen LogP) is 5.95. The van der Waals surface area contributed by atoms with Crippen molar-refractivity contribution < 1.29 is 18.8 Å². The minimum absolute atomic E-state index is 0.0618. The van der Waals surface area contributed by atoms with Gasteiger partial charge in [-0.1, -0.05) is 29.4 Å². The number of rotatable bonds is 4. The van der Waals surface area contributed by atoms with Gasteiger partial charge in [-0.15, -0.1) is 0 Å². The lowest BCUT2D eigenvalue weighted by atomic mass is 9.86. The SMILES string of the molecule is COC(=O)c1ccc(Nc2cc(N3CCCC[C@H]3C)c3noc4c3c2C(=O)c2ccccc2-4)cc1. The van der Waals surface area contributed by atoms with Crippen LogP contribution in [0.2, 0.25) is 0 Å². The summed E-state index contributed by atoms with van der Waals surface area (Å²) < 4.78 is 10.7. The summed E-state index contributed by atoms with van der Waals surface area (Å²) in [5, 5.41) is 8.66. The fraction of sp³-hybridized carbons (Fsp3) is 0.250. The van der Waals surface area contributed by atoms with Crippen LogP contribution >= 0.6 is 0 Å². The van der Waals surface area contributed by atoms with Gasteiger partial charge in [0.1, 0.15) is 5.52 Å². The largest absolute Gasteiger partial charge is 0.465 e. The highest BCUT2D eigenvalue weighted by Crippen LogP contribution is 2.47. The molecule has 0 saturated carbocycles. The number of fused-ring (bicyclic) bond motifs is 2. The topological polar surface area (TPSA) is 84.7 Å². The van der Waals surface area contributed by atoms with Crippen molar-refractivity contribution in [1.82, 2.24) is 5.16 Å². The van der Waals surface area contributed by atoms with Gasteiger partial charge in [0.25, 0.3) is 0 Å². The standard InChI is InChI=1S/C28H25N3O4/c1-16-7-5-6-14-31(16)22-15-21(29-18-12-10-17(11-13-18)28(33)34-2)23-24-25(22)30-35-27(24)20-9-4-3-8-19(20)26(23)32/h3-4,8-13,15-16,29H,5-7,14H2,1-2H3/t16-/m1/s1. The molecule has 6 rings (SSSR count). The molecule has 1 aromatic heterocycles. The maximum absolute atomic E-state index is 13.8. The second kappa shape index (κ2) is 8.27. The summed E-state index contributed by atoms with van der Waals surface area (Å²) in [4.78, 5) is 28.0. The van der Waals surface area contributed by atoms with Gasteiger partial charge in [-0.3, -0.25) is 4.79 Å². The molecule has 35 heavy (non-hydrogen) atoms. The minimum Gasteiger partial charge on any atom is -0.465 e. The van der Waals surface area contributed by atoms with Crippen LogP contribution in [-0.4, -0.2) is 36.6 Å². The molecule has 1 atom stereocenters. The molecular weight excluding hydrogens is 442 g/mol. The summed E-state index contributed by atoms with van der Waals surface area (Å²) >= 11 is 0. The van der Waals surface area contributed by atoms with Crippen molar-refractivity contribution in [2.45, 2.75) is 32.2 Å². The van der Waals surface area contributed by atoms with Crippen LogP contribution in [0, 0.1) is 0 Å². The lowest BCUT2D eigenvalue weighted by Crippen LogP contribution is -2.37. The molecule has 7 heteroatoms. The van der Waals surface area contributed by atoms with E-state index in [0.717, 1.165) is 47.2 Å². The summed E-state index contributed by atoms with van der Waals surface area (Å²) in [5.74, 6) is 0.171. The average Bonchev–Trinajstić information content (AvgIpc) is 3.33. The normalized spacial score (nSPS) is 16.8. The molecule has 0 spiro atoms. The monoisotopic (exact) mass is 467 g/mol. The number of aromatic nitrogens is 1. The Labute approximate surface area is 202 Å². The van der Waals surface area contributed by atoms with Crippen LogP contribution in [0.15, 0.2) is 59.1 Å². The fourth-order valence-electron chi connectivity index (χ4n) is 5.28. The fourth-order valence-corrected chi connectivity index (χ4v) is 5.28. The third-order valence-corrected chi connectivity index (χ3v) is 7.08.